The van der Waals surface area contributed by atoms with E-state index in [-0.39, 0.29) is 23.8 Å². The highest BCUT2D eigenvalue weighted by Crippen LogP contribution is 2.44. The van der Waals surface area contributed by atoms with E-state index in [1.165, 1.54) is 29.5 Å². The summed E-state index contributed by atoms with van der Waals surface area (Å²) in [5.74, 6) is 0.495. The van der Waals surface area contributed by atoms with Crippen molar-refractivity contribution in [3.8, 4) is 0 Å². The third kappa shape index (κ3) is 8.74. The molecule has 2 aliphatic rings. The number of benzene rings is 2. The van der Waals surface area contributed by atoms with Crippen molar-refractivity contribution >= 4 is 18.0 Å². The van der Waals surface area contributed by atoms with Gasteiger partial charge in [-0.1, -0.05) is 89.7 Å². The number of urea groups is 1. The van der Waals surface area contributed by atoms with Gasteiger partial charge >= 0.3 is 6.03 Å². The highest BCUT2D eigenvalue weighted by molar-refractivity contribution is 7.97. The van der Waals surface area contributed by atoms with Crippen molar-refractivity contribution in [3.63, 3.8) is 0 Å². The Morgan fingerprint density at radius 3 is 2.39 bits per heavy atom. The third-order valence-electron chi connectivity index (χ3n) is 7.78. The number of unbranched alkanes of at least 4 members (excludes halogenated alkanes) is 1. The molecule has 2 aromatic carbocycles. The lowest BCUT2D eigenvalue weighted by molar-refractivity contribution is 0.229. The van der Waals surface area contributed by atoms with Crippen LogP contribution in [0.5, 0.6) is 0 Å². The van der Waals surface area contributed by atoms with Gasteiger partial charge in [-0.25, -0.2) is 9.18 Å². The molecule has 2 N–H and O–H groups in total. The van der Waals surface area contributed by atoms with Gasteiger partial charge in [-0.2, -0.15) is 0 Å². The Morgan fingerprint density at radius 1 is 1.03 bits per heavy atom. The minimum atomic E-state index is -0.141. The first kappa shape index (κ1) is 30.5. The molecule has 4 rings (SSSR count). The number of nitrogens with one attached hydrogen (secondary N) is 2. The fourth-order valence-corrected chi connectivity index (χ4v) is 6.69. The molecule has 6 heteroatoms. The molecule has 0 saturated carbocycles. The number of amides is 2. The molecule has 210 valence electrons. The number of halogens is 1. The maximum Gasteiger partial charge on any atom is 0.315 e. The topological polar surface area (TPSA) is 44.4 Å². The number of fused-ring (bicyclic) bond motifs is 2. The lowest BCUT2D eigenvalue weighted by atomic mass is 9.80. The summed E-state index contributed by atoms with van der Waals surface area (Å²) in [6, 6.07) is 14.3. The summed E-state index contributed by atoms with van der Waals surface area (Å²) in [4.78, 5) is 12.0. The molecular weight excluding hydrogens is 493 g/mol. The van der Waals surface area contributed by atoms with Gasteiger partial charge in [-0.3, -0.25) is 4.31 Å². The number of rotatable bonds is 8. The molecule has 3 atom stereocenters. The van der Waals surface area contributed by atoms with Gasteiger partial charge in [0, 0.05) is 30.9 Å². The normalized spacial score (nSPS) is 20.3. The van der Waals surface area contributed by atoms with Crippen LogP contribution >= 0.6 is 11.9 Å². The number of hydrogen-bond donors (Lipinski definition) is 2. The van der Waals surface area contributed by atoms with Gasteiger partial charge in [0.15, 0.2) is 0 Å². The zero-order valence-electron chi connectivity index (χ0n) is 24.1. The van der Waals surface area contributed by atoms with E-state index in [1.807, 2.05) is 18.0 Å². The first-order chi connectivity index (χ1) is 18.4. The zero-order valence-corrected chi connectivity index (χ0v) is 24.9. The summed E-state index contributed by atoms with van der Waals surface area (Å²) in [6.07, 6.45) is 7.48. The van der Waals surface area contributed by atoms with Gasteiger partial charge in [0.2, 0.25) is 0 Å². The first-order valence-corrected chi connectivity index (χ1v) is 15.5. The SMILES string of the molecule is CCCC.CCCNC(=O)NC1CCN(SC(C)C[C@@H]2c3ccccc3Cc3ccc(F)cc3C2C)CC1. The molecule has 2 amide bonds. The Bertz CT molecular complexity index is 1010. The first-order valence-electron chi connectivity index (χ1n) is 14.7. The smallest absolute Gasteiger partial charge is 0.315 e. The summed E-state index contributed by atoms with van der Waals surface area (Å²) in [5.41, 5.74) is 5.20. The lowest BCUT2D eigenvalue weighted by Crippen LogP contribution is -2.47. The Morgan fingerprint density at radius 2 is 1.71 bits per heavy atom. The molecule has 0 bridgehead atoms. The molecule has 0 radical (unpaired) electrons. The second kappa shape index (κ2) is 15.5. The fourth-order valence-electron chi connectivity index (χ4n) is 5.47. The maximum atomic E-state index is 14.2. The van der Waals surface area contributed by atoms with Crippen molar-refractivity contribution in [2.24, 2.45) is 0 Å². The van der Waals surface area contributed by atoms with Gasteiger partial charge in [-0.15, -0.1) is 0 Å². The maximum absolute atomic E-state index is 14.2. The summed E-state index contributed by atoms with van der Waals surface area (Å²) < 4.78 is 16.6. The highest BCUT2D eigenvalue weighted by Gasteiger charge is 2.31. The van der Waals surface area contributed by atoms with Crippen LogP contribution in [-0.2, 0) is 6.42 Å². The summed E-state index contributed by atoms with van der Waals surface area (Å²) in [5, 5.41) is 6.47. The molecule has 2 unspecified atom stereocenters. The second-order valence-electron chi connectivity index (χ2n) is 10.9. The molecule has 1 fully saturated rings. The monoisotopic (exact) mass is 541 g/mol. The molecule has 2 aromatic rings. The largest absolute Gasteiger partial charge is 0.338 e. The van der Waals surface area contributed by atoms with Gasteiger partial charge < -0.3 is 10.6 Å². The van der Waals surface area contributed by atoms with Crippen molar-refractivity contribution in [1.82, 2.24) is 14.9 Å². The van der Waals surface area contributed by atoms with E-state index in [0.29, 0.717) is 11.2 Å². The summed E-state index contributed by atoms with van der Waals surface area (Å²) >= 11 is 1.95. The number of carbonyl (C=O) groups is 1. The van der Waals surface area contributed by atoms with Crippen molar-refractivity contribution < 1.29 is 9.18 Å². The summed E-state index contributed by atoms with van der Waals surface area (Å²) in [6.45, 7) is 13.7. The van der Waals surface area contributed by atoms with Crippen LogP contribution in [-0.4, -0.2) is 41.3 Å². The van der Waals surface area contributed by atoms with Crippen molar-refractivity contribution in [2.75, 3.05) is 19.6 Å². The number of nitrogens with zero attached hydrogens (tertiary/aromatic N) is 1. The minimum absolute atomic E-state index is 0.0425. The lowest BCUT2D eigenvalue weighted by Gasteiger charge is -2.34. The average Bonchev–Trinajstić information content (AvgIpc) is 3.03. The van der Waals surface area contributed by atoms with Gasteiger partial charge in [0.05, 0.1) is 0 Å². The van der Waals surface area contributed by atoms with Crippen LogP contribution < -0.4 is 10.6 Å². The standard InChI is InChI=1S/C28H38FN3OS.C4H10/c1-4-13-30-28(33)31-24-11-14-32(15-12-24)34-19(2)16-27-20(3)26-18-23(29)10-9-22(26)17-21-7-5-6-8-25(21)27;1-3-4-2/h5-10,18-20,24,27H,4,11-17H2,1-3H3,(H2,30,31,33);3-4H2,1-2H3/t19?,20?,27-;/m0./s1. The van der Waals surface area contributed by atoms with E-state index >= 15 is 0 Å². The van der Waals surface area contributed by atoms with Crippen LogP contribution in [0.2, 0.25) is 0 Å². The van der Waals surface area contributed by atoms with E-state index < -0.39 is 0 Å². The van der Waals surface area contributed by atoms with Crippen LogP contribution in [0.25, 0.3) is 0 Å². The molecular formula is C32H48FN3OS. The average molecular weight is 542 g/mol. The van der Waals surface area contributed by atoms with Gasteiger partial charge in [0.25, 0.3) is 0 Å². The molecule has 0 spiro atoms. The predicted octanol–water partition coefficient (Wildman–Crippen LogP) is 8.02. The fraction of sp³-hybridized carbons (Fsp3) is 0.594. The highest BCUT2D eigenvalue weighted by atomic mass is 32.2. The van der Waals surface area contributed by atoms with Crippen LogP contribution in [0, 0.1) is 5.82 Å². The molecule has 38 heavy (non-hydrogen) atoms. The van der Waals surface area contributed by atoms with Crippen molar-refractivity contribution in [1.29, 1.82) is 0 Å². The molecule has 1 heterocycles. The predicted molar refractivity (Wildman–Crippen MR) is 160 cm³/mol. The van der Waals surface area contributed by atoms with E-state index in [0.717, 1.165) is 57.3 Å². The van der Waals surface area contributed by atoms with Crippen LogP contribution in [0.1, 0.15) is 107 Å². The van der Waals surface area contributed by atoms with Crippen molar-refractivity contribution in [2.45, 2.75) is 103 Å². The Labute approximate surface area is 234 Å². The van der Waals surface area contributed by atoms with Crippen LogP contribution in [0.4, 0.5) is 9.18 Å². The van der Waals surface area contributed by atoms with Crippen LogP contribution in [0.3, 0.4) is 0 Å². The van der Waals surface area contributed by atoms with Gasteiger partial charge in [0.1, 0.15) is 5.82 Å². The second-order valence-corrected chi connectivity index (χ2v) is 12.4. The third-order valence-corrected chi connectivity index (χ3v) is 8.99. The van der Waals surface area contributed by atoms with E-state index in [1.54, 1.807) is 12.1 Å². The number of carbonyl (C=O) groups excluding carboxylic acids is 1. The van der Waals surface area contributed by atoms with Crippen LogP contribution in [0.15, 0.2) is 42.5 Å². The molecule has 0 aromatic heterocycles. The Hall–Kier alpha value is -2.05. The molecule has 1 aliphatic carbocycles. The molecule has 1 aliphatic heterocycles. The molecule has 4 nitrogen and oxygen atoms in total. The zero-order chi connectivity index (χ0) is 27.5. The van der Waals surface area contributed by atoms with Crippen molar-refractivity contribution in [3.05, 3.63) is 70.5 Å². The van der Waals surface area contributed by atoms with E-state index in [4.69, 9.17) is 0 Å². The molecule has 1 saturated heterocycles. The van der Waals surface area contributed by atoms with E-state index in [2.05, 4.69) is 73.8 Å². The number of hydrogen-bond acceptors (Lipinski definition) is 3. The number of piperidine rings is 1. The Balaban J connectivity index is 0.000000934. The summed E-state index contributed by atoms with van der Waals surface area (Å²) in [7, 11) is 0. The van der Waals surface area contributed by atoms with Gasteiger partial charge in [-0.05, 0) is 78.3 Å². The minimum Gasteiger partial charge on any atom is -0.338 e. The van der Waals surface area contributed by atoms with E-state index in [9.17, 15) is 9.18 Å². The Kier molecular flexibility index (Phi) is 12.5. The quantitative estimate of drug-likeness (QED) is 0.333.